The summed E-state index contributed by atoms with van der Waals surface area (Å²) in [6, 6.07) is 6.29. The van der Waals surface area contributed by atoms with Crippen LogP contribution >= 0.6 is 0 Å². The quantitative estimate of drug-likeness (QED) is 0.862. The van der Waals surface area contributed by atoms with Gasteiger partial charge < -0.3 is 9.84 Å². The van der Waals surface area contributed by atoms with Crippen molar-refractivity contribution in [2.75, 3.05) is 6.61 Å². The predicted octanol–water partition coefficient (Wildman–Crippen LogP) is 3.73. The van der Waals surface area contributed by atoms with E-state index in [0.29, 0.717) is 6.61 Å². The molecule has 18 heavy (non-hydrogen) atoms. The van der Waals surface area contributed by atoms with E-state index in [1.54, 1.807) is 0 Å². The van der Waals surface area contributed by atoms with Gasteiger partial charge in [-0.1, -0.05) is 46.2 Å². The average molecular weight is 250 g/mol. The summed E-state index contributed by atoms with van der Waals surface area (Å²) in [5.41, 5.74) is 2.34. The minimum atomic E-state index is -0.452. The van der Waals surface area contributed by atoms with Crippen molar-refractivity contribution in [3.05, 3.63) is 29.3 Å². The van der Waals surface area contributed by atoms with Gasteiger partial charge in [0.2, 0.25) is 0 Å². The molecule has 0 aliphatic rings. The van der Waals surface area contributed by atoms with Crippen LogP contribution in [-0.2, 0) is 6.42 Å². The molecule has 102 valence electrons. The van der Waals surface area contributed by atoms with Crippen LogP contribution in [0.2, 0.25) is 0 Å². The van der Waals surface area contributed by atoms with Gasteiger partial charge in [0.15, 0.2) is 0 Å². The van der Waals surface area contributed by atoms with Gasteiger partial charge in [0.05, 0.1) is 6.10 Å². The van der Waals surface area contributed by atoms with Gasteiger partial charge in [-0.3, -0.25) is 0 Å². The Kier molecular flexibility index (Phi) is 5.21. The van der Waals surface area contributed by atoms with E-state index >= 15 is 0 Å². The normalized spacial score (nSPS) is 13.4. The van der Waals surface area contributed by atoms with Crippen LogP contribution in [0.15, 0.2) is 18.2 Å². The maximum Gasteiger partial charge on any atom is 0.122 e. The number of aliphatic hydroxyl groups is 1. The third-order valence-electron chi connectivity index (χ3n) is 3.17. The maximum atomic E-state index is 9.95. The van der Waals surface area contributed by atoms with Crippen LogP contribution in [0.3, 0.4) is 0 Å². The topological polar surface area (TPSA) is 29.5 Å². The highest BCUT2D eigenvalue weighted by atomic mass is 16.5. The molecule has 2 heteroatoms. The van der Waals surface area contributed by atoms with Crippen LogP contribution in [-0.4, -0.2) is 17.8 Å². The fourth-order valence-electron chi connectivity index (χ4n) is 1.74. The molecule has 0 aromatic heterocycles. The van der Waals surface area contributed by atoms with Crippen LogP contribution in [0.4, 0.5) is 0 Å². The summed E-state index contributed by atoms with van der Waals surface area (Å²) < 4.78 is 5.71. The van der Waals surface area contributed by atoms with Crippen molar-refractivity contribution in [3.63, 3.8) is 0 Å². The van der Waals surface area contributed by atoms with Crippen LogP contribution in [0.5, 0.6) is 5.75 Å². The van der Waals surface area contributed by atoms with E-state index in [1.165, 1.54) is 5.56 Å². The minimum absolute atomic E-state index is 0.143. The first-order valence-electron chi connectivity index (χ1n) is 6.75. The van der Waals surface area contributed by atoms with Gasteiger partial charge in [0.1, 0.15) is 12.4 Å². The van der Waals surface area contributed by atoms with Crippen molar-refractivity contribution < 1.29 is 9.84 Å². The Bertz CT molecular complexity index is 377. The molecule has 0 heterocycles. The third kappa shape index (κ3) is 4.34. The van der Waals surface area contributed by atoms with Gasteiger partial charge in [-0.15, -0.1) is 0 Å². The molecule has 0 aliphatic heterocycles. The Morgan fingerprint density at radius 2 is 1.94 bits per heavy atom. The highest BCUT2D eigenvalue weighted by Crippen LogP contribution is 2.23. The molecule has 1 atom stereocenters. The van der Waals surface area contributed by atoms with E-state index < -0.39 is 6.10 Å². The predicted molar refractivity (Wildman–Crippen MR) is 76.1 cm³/mol. The largest absolute Gasteiger partial charge is 0.491 e. The van der Waals surface area contributed by atoms with E-state index in [-0.39, 0.29) is 5.41 Å². The summed E-state index contributed by atoms with van der Waals surface area (Å²) in [5.74, 6) is 0.873. The first-order chi connectivity index (χ1) is 8.34. The standard InChI is InChI=1S/C16H26O2/c1-6-7-13-8-9-14(12(2)10-13)18-11-15(17)16(3,4)5/h8-10,15,17H,6-7,11H2,1-5H3. The van der Waals surface area contributed by atoms with E-state index in [2.05, 4.69) is 26.0 Å². The molecular weight excluding hydrogens is 224 g/mol. The van der Waals surface area contributed by atoms with Crippen molar-refractivity contribution in [1.29, 1.82) is 0 Å². The Hall–Kier alpha value is -1.02. The second kappa shape index (κ2) is 6.24. The van der Waals surface area contributed by atoms with Crippen LogP contribution < -0.4 is 4.74 Å². The summed E-state index contributed by atoms with van der Waals surface area (Å²) in [6.45, 7) is 10.6. The lowest BCUT2D eigenvalue weighted by Crippen LogP contribution is -2.32. The lowest BCUT2D eigenvalue weighted by atomic mass is 9.90. The molecule has 2 nitrogen and oxygen atoms in total. The first-order valence-corrected chi connectivity index (χ1v) is 6.75. The molecule has 0 radical (unpaired) electrons. The zero-order chi connectivity index (χ0) is 13.8. The molecule has 0 aliphatic carbocycles. The molecule has 0 spiro atoms. The van der Waals surface area contributed by atoms with Crippen LogP contribution in [0.1, 0.15) is 45.2 Å². The molecular formula is C16H26O2. The average Bonchev–Trinajstić information content (AvgIpc) is 2.26. The van der Waals surface area contributed by atoms with Gasteiger partial charge in [0, 0.05) is 0 Å². The minimum Gasteiger partial charge on any atom is -0.491 e. The summed E-state index contributed by atoms with van der Waals surface area (Å²) in [4.78, 5) is 0. The lowest BCUT2D eigenvalue weighted by molar-refractivity contribution is 0.0216. The van der Waals surface area contributed by atoms with Gasteiger partial charge in [-0.05, 0) is 36.0 Å². The number of aliphatic hydroxyl groups excluding tert-OH is 1. The number of hydrogen-bond donors (Lipinski definition) is 1. The van der Waals surface area contributed by atoms with Crippen molar-refractivity contribution in [2.45, 2.75) is 53.6 Å². The molecule has 1 aromatic rings. The third-order valence-corrected chi connectivity index (χ3v) is 3.17. The molecule has 1 N–H and O–H groups in total. The fourth-order valence-corrected chi connectivity index (χ4v) is 1.74. The summed E-state index contributed by atoms with van der Waals surface area (Å²) in [6.07, 6.45) is 1.81. The zero-order valence-electron chi connectivity index (χ0n) is 12.3. The van der Waals surface area contributed by atoms with Gasteiger partial charge in [-0.25, -0.2) is 0 Å². The van der Waals surface area contributed by atoms with E-state index in [4.69, 9.17) is 4.74 Å². The fraction of sp³-hybridized carbons (Fsp3) is 0.625. The Labute approximate surface area is 111 Å². The molecule has 0 saturated heterocycles. The number of ether oxygens (including phenoxy) is 1. The SMILES string of the molecule is CCCc1ccc(OCC(O)C(C)(C)C)c(C)c1. The number of benzene rings is 1. The summed E-state index contributed by atoms with van der Waals surface area (Å²) >= 11 is 0. The molecule has 0 bridgehead atoms. The number of hydrogen-bond acceptors (Lipinski definition) is 2. The van der Waals surface area contributed by atoms with Crippen LogP contribution in [0, 0.1) is 12.3 Å². The lowest BCUT2D eigenvalue weighted by Gasteiger charge is -2.26. The Balaban J connectivity index is 2.63. The highest BCUT2D eigenvalue weighted by molar-refractivity contribution is 5.36. The van der Waals surface area contributed by atoms with Gasteiger partial charge in [-0.2, -0.15) is 0 Å². The van der Waals surface area contributed by atoms with E-state index in [1.807, 2.05) is 26.8 Å². The molecule has 0 saturated carbocycles. The summed E-state index contributed by atoms with van der Waals surface area (Å²) in [5, 5.41) is 9.95. The van der Waals surface area contributed by atoms with Crippen LogP contribution in [0.25, 0.3) is 0 Å². The Morgan fingerprint density at radius 1 is 1.28 bits per heavy atom. The highest BCUT2D eigenvalue weighted by Gasteiger charge is 2.22. The number of aryl methyl sites for hydroxylation is 2. The second-order valence-corrected chi connectivity index (χ2v) is 6.04. The molecule has 0 fully saturated rings. The zero-order valence-corrected chi connectivity index (χ0v) is 12.3. The smallest absolute Gasteiger partial charge is 0.122 e. The van der Waals surface area contributed by atoms with Crippen molar-refractivity contribution in [2.24, 2.45) is 5.41 Å². The van der Waals surface area contributed by atoms with Gasteiger partial charge in [0.25, 0.3) is 0 Å². The monoisotopic (exact) mass is 250 g/mol. The second-order valence-electron chi connectivity index (χ2n) is 6.04. The summed E-state index contributed by atoms with van der Waals surface area (Å²) in [7, 11) is 0. The van der Waals surface area contributed by atoms with Gasteiger partial charge >= 0.3 is 0 Å². The first kappa shape index (κ1) is 15.0. The van der Waals surface area contributed by atoms with E-state index in [9.17, 15) is 5.11 Å². The molecule has 0 amide bonds. The molecule has 1 rings (SSSR count). The number of rotatable bonds is 5. The van der Waals surface area contributed by atoms with Crippen molar-refractivity contribution >= 4 is 0 Å². The van der Waals surface area contributed by atoms with Crippen molar-refractivity contribution in [1.82, 2.24) is 0 Å². The molecule has 1 unspecified atom stereocenters. The maximum absolute atomic E-state index is 9.95. The van der Waals surface area contributed by atoms with Crippen molar-refractivity contribution in [3.8, 4) is 5.75 Å². The van der Waals surface area contributed by atoms with E-state index in [0.717, 1.165) is 24.2 Å². The molecule has 1 aromatic carbocycles. The Morgan fingerprint density at radius 3 is 2.44 bits per heavy atom.